The SMILES string of the molecule is O=C(COc1ccccc1[N+](=O)[O-])N(Cc1ccco1)[C@@H]1CCS(=O)(=O)C1. The monoisotopic (exact) mass is 394 g/mol. The average Bonchev–Trinajstić information content (AvgIpc) is 3.26. The molecule has 1 aliphatic heterocycles. The molecule has 27 heavy (non-hydrogen) atoms. The van der Waals surface area contributed by atoms with Crippen LogP contribution in [0.5, 0.6) is 5.75 Å². The van der Waals surface area contributed by atoms with Crippen LogP contribution in [0.25, 0.3) is 0 Å². The molecule has 9 nitrogen and oxygen atoms in total. The Morgan fingerprint density at radius 3 is 2.70 bits per heavy atom. The molecule has 3 rings (SSSR count). The van der Waals surface area contributed by atoms with E-state index in [4.69, 9.17) is 9.15 Å². The Bertz CT molecular complexity index is 925. The first-order chi connectivity index (χ1) is 12.9. The zero-order valence-electron chi connectivity index (χ0n) is 14.3. The second kappa shape index (κ2) is 7.78. The molecule has 1 atom stereocenters. The number of carbonyl (C=O) groups is 1. The standard InChI is InChI=1S/C17H18N2O7S/c20-17(11-26-16-6-2-1-5-15(16)19(21)22)18(10-14-4-3-8-25-14)13-7-9-27(23,24)12-13/h1-6,8,13H,7,9-12H2/t13-/m1/s1. The largest absolute Gasteiger partial charge is 0.477 e. The van der Waals surface area contributed by atoms with E-state index >= 15 is 0 Å². The highest BCUT2D eigenvalue weighted by atomic mass is 32.2. The van der Waals surface area contributed by atoms with Crippen LogP contribution in [0.4, 0.5) is 5.69 Å². The number of nitro groups is 1. The Morgan fingerprint density at radius 2 is 2.07 bits per heavy atom. The summed E-state index contributed by atoms with van der Waals surface area (Å²) in [5.41, 5.74) is -0.244. The minimum atomic E-state index is -3.19. The Morgan fingerprint density at radius 1 is 1.30 bits per heavy atom. The fourth-order valence-electron chi connectivity index (χ4n) is 2.96. The number of rotatable bonds is 7. The molecule has 1 fully saturated rings. The summed E-state index contributed by atoms with van der Waals surface area (Å²) < 4.78 is 34.2. The maximum absolute atomic E-state index is 12.7. The van der Waals surface area contributed by atoms with Gasteiger partial charge in [-0.3, -0.25) is 14.9 Å². The molecule has 1 aromatic carbocycles. The smallest absolute Gasteiger partial charge is 0.310 e. The van der Waals surface area contributed by atoms with Crippen molar-refractivity contribution < 1.29 is 27.3 Å². The van der Waals surface area contributed by atoms with E-state index in [0.717, 1.165) is 0 Å². The Kier molecular flexibility index (Phi) is 5.45. The average molecular weight is 394 g/mol. The maximum Gasteiger partial charge on any atom is 0.310 e. The summed E-state index contributed by atoms with van der Waals surface area (Å²) in [5, 5.41) is 11.0. The molecule has 0 saturated carbocycles. The molecule has 144 valence electrons. The first-order valence-electron chi connectivity index (χ1n) is 8.24. The lowest BCUT2D eigenvalue weighted by Gasteiger charge is -2.27. The number of nitro benzene ring substituents is 1. The molecule has 0 radical (unpaired) electrons. The highest BCUT2D eigenvalue weighted by Gasteiger charge is 2.35. The van der Waals surface area contributed by atoms with Gasteiger partial charge in [0.15, 0.2) is 22.2 Å². The third-order valence-electron chi connectivity index (χ3n) is 4.29. The molecule has 1 saturated heterocycles. The van der Waals surface area contributed by atoms with Gasteiger partial charge in [-0.25, -0.2) is 8.42 Å². The van der Waals surface area contributed by atoms with Gasteiger partial charge < -0.3 is 14.1 Å². The number of carbonyl (C=O) groups excluding carboxylic acids is 1. The minimum Gasteiger partial charge on any atom is -0.477 e. The number of nitrogens with zero attached hydrogens (tertiary/aromatic N) is 2. The van der Waals surface area contributed by atoms with E-state index in [1.54, 1.807) is 18.2 Å². The van der Waals surface area contributed by atoms with Gasteiger partial charge in [0.05, 0.1) is 29.2 Å². The molecule has 1 aliphatic rings. The predicted molar refractivity (Wildman–Crippen MR) is 94.9 cm³/mol. The molecule has 1 aromatic heterocycles. The third-order valence-corrected chi connectivity index (χ3v) is 6.04. The molecule has 0 unspecified atom stereocenters. The number of sulfone groups is 1. The summed E-state index contributed by atoms with van der Waals surface area (Å²) in [5.74, 6) is -0.0759. The van der Waals surface area contributed by atoms with Crippen molar-refractivity contribution in [2.45, 2.75) is 19.0 Å². The normalized spacial score (nSPS) is 18.1. The number of benzene rings is 1. The Balaban J connectivity index is 1.74. The topological polar surface area (TPSA) is 120 Å². The first-order valence-corrected chi connectivity index (χ1v) is 10.1. The fourth-order valence-corrected chi connectivity index (χ4v) is 4.70. The maximum atomic E-state index is 12.7. The number of hydrogen-bond acceptors (Lipinski definition) is 7. The van der Waals surface area contributed by atoms with Gasteiger partial charge in [-0.2, -0.15) is 0 Å². The van der Waals surface area contributed by atoms with Crippen LogP contribution < -0.4 is 4.74 Å². The van der Waals surface area contributed by atoms with Crippen LogP contribution >= 0.6 is 0 Å². The van der Waals surface area contributed by atoms with Gasteiger partial charge in [-0.15, -0.1) is 0 Å². The van der Waals surface area contributed by atoms with Crippen LogP contribution in [0.15, 0.2) is 47.1 Å². The highest BCUT2D eigenvalue weighted by Crippen LogP contribution is 2.26. The van der Waals surface area contributed by atoms with Gasteiger partial charge in [-0.05, 0) is 24.6 Å². The van der Waals surface area contributed by atoms with Crippen LogP contribution in [-0.4, -0.2) is 48.3 Å². The molecular weight excluding hydrogens is 376 g/mol. The molecule has 2 heterocycles. The molecule has 0 spiro atoms. The zero-order chi connectivity index (χ0) is 19.4. The molecule has 0 N–H and O–H groups in total. The summed E-state index contributed by atoms with van der Waals surface area (Å²) in [6, 6.07) is 8.63. The molecule has 2 aromatic rings. The molecule has 10 heteroatoms. The van der Waals surface area contributed by atoms with Crippen molar-refractivity contribution in [1.29, 1.82) is 0 Å². The van der Waals surface area contributed by atoms with Crippen molar-refractivity contribution in [3.8, 4) is 5.75 Å². The van der Waals surface area contributed by atoms with Gasteiger partial charge in [0, 0.05) is 12.1 Å². The highest BCUT2D eigenvalue weighted by molar-refractivity contribution is 7.91. The van der Waals surface area contributed by atoms with E-state index in [9.17, 15) is 23.3 Å². The molecule has 1 amide bonds. The molecular formula is C17H18N2O7S. The van der Waals surface area contributed by atoms with E-state index in [1.807, 2.05) is 0 Å². The number of para-hydroxylation sites is 2. The van der Waals surface area contributed by atoms with Gasteiger partial charge >= 0.3 is 5.69 Å². The van der Waals surface area contributed by atoms with Crippen LogP contribution in [0.3, 0.4) is 0 Å². The van der Waals surface area contributed by atoms with Gasteiger partial charge in [0.25, 0.3) is 5.91 Å². The first kappa shape index (κ1) is 18.9. The molecule has 0 aliphatic carbocycles. The van der Waals surface area contributed by atoms with E-state index in [2.05, 4.69) is 0 Å². The summed E-state index contributed by atoms with van der Waals surface area (Å²) in [6.07, 6.45) is 1.80. The Labute approximate surface area is 155 Å². The predicted octanol–water partition coefficient (Wildman–Crippen LogP) is 1.78. The second-order valence-electron chi connectivity index (χ2n) is 6.17. The number of hydrogen-bond donors (Lipinski definition) is 0. The van der Waals surface area contributed by atoms with Gasteiger partial charge in [0.2, 0.25) is 0 Å². The van der Waals surface area contributed by atoms with Crippen molar-refractivity contribution >= 4 is 21.4 Å². The zero-order valence-corrected chi connectivity index (χ0v) is 15.1. The van der Waals surface area contributed by atoms with E-state index < -0.39 is 33.3 Å². The third kappa shape index (κ3) is 4.64. The summed E-state index contributed by atoms with van der Waals surface area (Å²) in [4.78, 5) is 24.6. The number of ether oxygens (including phenoxy) is 1. The van der Waals surface area contributed by atoms with E-state index in [-0.39, 0.29) is 29.5 Å². The van der Waals surface area contributed by atoms with Crippen molar-refractivity contribution in [3.63, 3.8) is 0 Å². The lowest BCUT2D eigenvalue weighted by molar-refractivity contribution is -0.385. The summed E-state index contributed by atoms with van der Waals surface area (Å²) in [6.45, 7) is -0.339. The lowest BCUT2D eigenvalue weighted by atomic mass is 10.2. The summed E-state index contributed by atoms with van der Waals surface area (Å²) >= 11 is 0. The van der Waals surface area contributed by atoms with Crippen molar-refractivity contribution in [2.75, 3.05) is 18.1 Å². The lowest BCUT2D eigenvalue weighted by Crippen LogP contribution is -2.43. The van der Waals surface area contributed by atoms with Gasteiger partial charge in [0.1, 0.15) is 5.76 Å². The summed E-state index contributed by atoms with van der Waals surface area (Å²) in [7, 11) is -3.19. The van der Waals surface area contributed by atoms with Crippen molar-refractivity contribution in [1.82, 2.24) is 4.90 Å². The van der Waals surface area contributed by atoms with Crippen LogP contribution in [0.1, 0.15) is 12.2 Å². The molecule has 0 bridgehead atoms. The quantitative estimate of drug-likeness (QED) is 0.518. The van der Waals surface area contributed by atoms with Crippen LogP contribution in [-0.2, 0) is 21.2 Å². The van der Waals surface area contributed by atoms with Crippen molar-refractivity contribution in [3.05, 3.63) is 58.5 Å². The van der Waals surface area contributed by atoms with Crippen molar-refractivity contribution in [2.24, 2.45) is 0 Å². The minimum absolute atomic E-state index is 0.0185. The van der Waals surface area contributed by atoms with E-state index in [1.165, 1.54) is 29.4 Å². The van der Waals surface area contributed by atoms with E-state index in [0.29, 0.717) is 12.2 Å². The second-order valence-corrected chi connectivity index (χ2v) is 8.40. The number of furan rings is 1. The van der Waals surface area contributed by atoms with Crippen LogP contribution in [0.2, 0.25) is 0 Å². The van der Waals surface area contributed by atoms with Crippen LogP contribution in [0, 0.1) is 10.1 Å². The number of amides is 1. The van der Waals surface area contributed by atoms with Gasteiger partial charge in [-0.1, -0.05) is 12.1 Å². The fraction of sp³-hybridized carbons (Fsp3) is 0.353. The Hall–Kier alpha value is -2.88.